The van der Waals surface area contributed by atoms with E-state index in [9.17, 15) is 18.0 Å². The minimum Gasteiger partial charge on any atom is -0.480 e. The van der Waals surface area contributed by atoms with Gasteiger partial charge in [0.2, 0.25) is 5.91 Å². The molecule has 0 spiro atoms. The number of rotatable bonds is 6. The molecule has 7 heteroatoms. The van der Waals surface area contributed by atoms with Crippen molar-refractivity contribution in [2.24, 2.45) is 0 Å². The average Bonchev–Trinajstić information content (AvgIpc) is 1.99. The first kappa shape index (κ1) is 12.9. The van der Waals surface area contributed by atoms with Crippen molar-refractivity contribution in [3.63, 3.8) is 0 Å². The lowest BCUT2D eigenvalue weighted by molar-refractivity contribution is -0.137. The third-order valence-electron chi connectivity index (χ3n) is 1.30. The number of carboxylic acids is 1. The summed E-state index contributed by atoms with van der Waals surface area (Å²) in [4.78, 5) is 20.9. The molecule has 0 unspecified atom stereocenters. The van der Waals surface area contributed by atoms with Gasteiger partial charge in [0.15, 0.2) is 9.84 Å². The van der Waals surface area contributed by atoms with E-state index in [0.29, 0.717) is 6.42 Å². The van der Waals surface area contributed by atoms with Gasteiger partial charge in [-0.1, -0.05) is 6.92 Å². The fraction of sp³-hybridized carbons (Fsp3) is 0.714. The molecule has 0 aliphatic carbocycles. The molecule has 0 aliphatic rings. The van der Waals surface area contributed by atoms with Crippen molar-refractivity contribution in [3.05, 3.63) is 0 Å². The maximum atomic E-state index is 11.1. The van der Waals surface area contributed by atoms with E-state index in [1.165, 1.54) is 0 Å². The molecule has 0 bridgehead atoms. The molecule has 0 saturated heterocycles. The van der Waals surface area contributed by atoms with Gasteiger partial charge < -0.3 is 10.4 Å². The number of carbonyl (C=O) groups excluding carboxylic acids is 1. The van der Waals surface area contributed by atoms with E-state index in [2.05, 4.69) is 0 Å². The Morgan fingerprint density at radius 3 is 2.36 bits per heavy atom. The van der Waals surface area contributed by atoms with Gasteiger partial charge in [0.25, 0.3) is 0 Å². The van der Waals surface area contributed by atoms with E-state index in [4.69, 9.17) is 5.11 Å². The monoisotopic (exact) mass is 223 g/mol. The minimum absolute atomic E-state index is 0.0620. The van der Waals surface area contributed by atoms with E-state index in [-0.39, 0.29) is 5.75 Å². The van der Waals surface area contributed by atoms with E-state index in [0.717, 1.165) is 0 Å². The Balaban J connectivity index is 4.00. The van der Waals surface area contributed by atoms with Crippen molar-refractivity contribution in [3.8, 4) is 0 Å². The first-order valence-electron chi connectivity index (χ1n) is 4.06. The number of aliphatic carboxylic acids is 1. The second-order valence-electron chi connectivity index (χ2n) is 2.76. The van der Waals surface area contributed by atoms with Crippen LogP contribution in [0.3, 0.4) is 0 Å². The Morgan fingerprint density at radius 2 is 1.93 bits per heavy atom. The van der Waals surface area contributed by atoms with E-state index in [1.54, 1.807) is 6.92 Å². The summed E-state index contributed by atoms with van der Waals surface area (Å²) >= 11 is 0. The molecule has 0 aromatic carbocycles. The topological polar surface area (TPSA) is 101 Å². The summed E-state index contributed by atoms with van der Waals surface area (Å²) in [5, 5.41) is 10.2. The van der Waals surface area contributed by atoms with Crippen molar-refractivity contribution in [1.29, 1.82) is 0 Å². The maximum Gasteiger partial charge on any atom is 0.322 e. The van der Waals surface area contributed by atoms with E-state index < -0.39 is 34.0 Å². The molecule has 0 fully saturated rings. The van der Waals surface area contributed by atoms with Crippen LogP contribution in [0, 0.1) is 0 Å². The Bertz CT molecular complexity index is 308. The predicted octanol–water partition coefficient (Wildman–Crippen LogP) is -0.988. The van der Waals surface area contributed by atoms with Crippen LogP contribution in [0.25, 0.3) is 0 Å². The molecule has 0 aromatic heterocycles. The van der Waals surface area contributed by atoms with Crippen LogP contribution in [-0.2, 0) is 19.4 Å². The highest BCUT2D eigenvalue weighted by molar-refractivity contribution is 7.92. The van der Waals surface area contributed by atoms with E-state index >= 15 is 0 Å². The second-order valence-corrected chi connectivity index (χ2v) is 4.95. The van der Waals surface area contributed by atoms with Gasteiger partial charge in [0, 0.05) is 0 Å². The molecule has 82 valence electrons. The summed E-state index contributed by atoms with van der Waals surface area (Å²) < 4.78 is 22.2. The molecule has 0 aromatic rings. The molecular formula is C7H13NO5S. The Kier molecular flexibility index (Phi) is 5.14. The molecule has 0 radical (unpaired) electrons. The molecule has 0 rings (SSSR count). The zero-order valence-corrected chi connectivity index (χ0v) is 8.63. The highest BCUT2D eigenvalue weighted by atomic mass is 32.2. The molecule has 0 atom stereocenters. The number of hydrogen-bond donors (Lipinski definition) is 2. The average molecular weight is 223 g/mol. The van der Waals surface area contributed by atoms with Crippen LogP contribution >= 0.6 is 0 Å². The van der Waals surface area contributed by atoms with Gasteiger partial charge in [-0.2, -0.15) is 0 Å². The SMILES string of the molecule is CCCS(=O)(=O)CC(=O)NCC(=O)O. The lowest BCUT2D eigenvalue weighted by atomic mass is 10.6. The quantitative estimate of drug-likeness (QED) is 0.602. The molecular weight excluding hydrogens is 210 g/mol. The lowest BCUT2D eigenvalue weighted by Gasteiger charge is -2.02. The maximum absolute atomic E-state index is 11.1. The number of hydrogen-bond acceptors (Lipinski definition) is 4. The molecule has 2 N–H and O–H groups in total. The standard InChI is InChI=1S/C7H13NO5S/c1-2-3-14(12,13)5-6(9)8-4-7(10)11/h2-5H2,1H3,(H,8,9)(H,10,11). The van der Waals surface area contributed by atoms with Crippen molar-refractivity contribution in [1.82, 2.24) is 5.32 Å². The van der Waals surface area contributed by atoms with Gasteiger partial charge in [-0.15, -0.1) is 0 Å². The number of carbonyl (C=O) groups is 2. The predicted molar refractivity (Wildman–Crippen MR) is 49.6 cm³/mol. The molecule has 14 heavy (non-hydrogen) atoms. The highest BCUT2D eigenvalue weighted by Gasteiger charge is 2.15. The molecule has 6 nitrogen and oxygen atoms in total. The third-order valence-corrected chi connectivity index (χ3v) is 3.04. The summed E-state index contributed by atoms with van der Waals surface area (Å²) in [5.41, 5.74) is 0. The largest absolute Gasteiger partial charge is 0.480 e. The van der Waals surface area contributed by atoms with Gasteiger partial charge in [-0.25, -0.2) is 8.42 Å². The molecule has 0 saturated carbocycles. The zero-order valence-electron chi connectivity index (χ0n) is 7.82. The first-order chi connectivity index (χ1) is 6.37. The summed E-state index contributed by atoms with van der Waals surface area (Å²) in [6.45, 7) is 1.13. The molecule has 1 amide bonds. The summed E-state index contributed by atoms with van der Waals surface area (Å²) in [6, 6.07) is 0. The summed E-state index contributed by atoms with van der Waals surface area (Å²) in [5.74, 6) is -2.69. The first-order valence-corrected chi connectivity index (χ1v) is 5.88. The zero-order chi connectivity index (χ0) is 11.2. The fourth-order valence-electron chi connectivity index (χ4n) is 0.808. The van der Waals surface area contributed by atoms with Crippen molar-refractivity contribution < 1.29 is 23.1 Å². The number of carboxylic acid groups (broad SMARTS) is 1. The Hall–Kier alpha value is -1.11. The highest BCUT2D eigenvalue weighted by Crippen LogP contribution is 1.92. The number of amides is 1. The van der Waals surface area contributed by atoms with Crippen LogP contribution in [0.4, 0.5) is 0 Å². The van der Waals surface area contributed by atoms with Crippen LogP contribution in [0.15, 0.2) is 0 Å². The number of sulfone groups is 1. The fourth-order valence-corrected chi connectivity index (χ4v) is 2.08. The Morgan fingerprint density at radius 1 is 1.36 bits per heavy atom. The summed E-state index contributed by atoms with van der Waals surface area (Å²) in [7, 11) is -3.38. The smallest absolute Gasteiger partial charge is 0.322 e. The van der Waals surface area contributed by atoms with Crippen LogP contribution in [0.2, 0.25) is 0 Å². The lowest BCUT2D eigenvalue weighted by Crippen LogP contribution is -2.34. The van der Waals surface area contributed by atoms with Crippen LogP contribution in [0.5, 0.6) is 0 Å². The van der Waals surface area contributed by atoms with Crippen molar-refractivity contribution >= 4 is 21.7 Å². The van der Waals surface area contributed by atoms with Crippen molar-refractivity contribution in [2.45, 2.75) is 13.3 Å². The molecule has 0 heterocycles. The minimum atomic E-state index is -3.38. The van der Waals surface area contributed by atoms with Gasteiger partial charge in [-0.3, -0.25) is 9.59 Å². The van der Waals surface area contributed by atoms with E-state index in [1.807, 2.05) is 5.32 Å². The normalized spacial score (nSPS) is 10.9. The van der Waals surface area contributed by atoms with Crippen molar-refractivity contribution in [2.75, 3.05) is 18.1 Å². The van der Waals surface area contributed by atoms with Gasteiger partial charge in [-0.05, 0) is 6.42 Å². The van der Waals surface area contributed by atoms with Crippen LogP contribution in [-0.4, -0.2) is 43.5 Å². The van der Waals surface area contributed by atoms with Gasteiger partial charge in [0.1, 0.15) is 12.3 Å². The van der Waals surface area contributed by atoms with Gasteiger partial charge >= 0.3 is 5.97 Å². The third kappa shape index (κ3) is 6.41. The second kappa shape index (κ2) is 5.58. The number of nitrogens with one attached hydrogen (secondary N) is 1. The molecule has 0 aliphatic heterocycles. The van der Waals surface area contributed by atoms with Crippen LogP contribution < -0.4 is 5.32 Å². The summed E-state index contributed by atoms with van der Waals surface area (Å²) in [6.07, 6.45) is 0.439. The van der Waals surface area contributed by atoms with Crippen LogP contribution in [0.1, 0.15) is 13.3 Å². The Labute approximate surface area is 82.2 Å². The van der Waals surface area contributed by atoms with Gasteiger partial charge in [0.05, 0.1) is 5.75 Å².